The van der Waals surface area contributed by atoms with Crippen LogP contribution in [0.25, 0.3) is 27.6 Å². The third-order valence-corrected chi connectivity index (χ3v) is 7.82. The second kappa shape index (κ2) is 10.7. The highest BCUT2D eigenvalue weighted by Gasteiger charge is 2.32. The van der Waals surface area contributed by atoms with E-state index in [0.29, 0.717) is 35.9 Å². The molecule has 212 valence electrons. The zero-order valence-electron chi connectivity index (χ0n) is 23.7. The van der Waals surface area contributed by atoms with Gasteiger partial charge in [-0.05, 0) is 75.4 Å². The van der Waals surface area contributed by atoms with E-state index in [1.54, 1.807) is 34.2 Å². The van der Waals surface area contributed by atoms with Gasteiger partial charge in [0.05, 0.1) is 41.0 Å². The van der Waals surface area contributed by atoms with Crippen molar-refractivity contribution in [2.24, 2.45) is 17.5 Å². The van der Waals surface area contributed by atoms with Crippen LogP contribution in [-0.4, -0.2) is 47.0 Å². The quantitative estimate of drug-likeness (QED) is 0.220. The van der Waals surface area contributed by atoms with E-state index in [9.17, 15) is 9.50 Å². The number of aliphatic hydroxyl groups is 1. The molecule has 1 atom stereocenters. The molecule has 0 bridgehead atoms. The lowest BCUT2D eigenvalue weighted by Gasteiger charge is -2.33. The number of hydrogen-bond donors (Lipinski definition) is 3. The summed E-state index contributed by atoms with van der Waals surface area (Å²) < 4.78 is 27.8. The maximum Gasteiger partial charge on any atom is 0.125 e. The van der Waals surface area contributed by atoms with Gasteiger partial charge in [-0.3, -0.25) is 4.98 Å². The minimum Gasteiger partial charge on any atom is -0.496 e. The Morgan fingerprint density at radius 2 is 1.85 bits per heavy atom. The first kappa shape index (κ1) is 27.9. The zero-order valence-corrected chi connectivity index (χ0v) is 23.7. The van der Waals surface area contributed by atoms with Crippen LogP contribution in [0, 0.1) is 11.7 Å². The van der Waals surface area contributed by atoms with Crippen LogP contribution in [0.3, 0.4) is 0 Å². The maximum absolute atomic E-state index is 14.1. The third-order valence-electron chi connectivity index (χ3n) is 7.82. The second-order valence-corrected chi connectivity index (χ2v) is 11.2. The van der Waals surface area contributed by atoms with E-state index < -0.39 is 5.60 Å². The normalized spacial score (nSPS) is 16.3. The summed E-state index contributed by atoms with van der Waals surface area (Å²) in [5.41, 5.74) is 11.3. The fourth-order valence-corrected chi connectivity index (χ4v) is 6.04. The smallest absolute Gasteiger partial charge is 0.125 e. The van der Waals surface area contributed by atoms with Gasteiger partial charge >= 0.3 is 0 Å². The van der Waals surface area contributed by atoms with Crippen LogP contribution in [0.2, 0.25) is 0 Å². The molecule has 0 radical (unpaired) electrons. The van der Waals surface area contributed by atoms with Gasteiger partial charge in [-0.1, -0.05) is 12.1 Å². The van der Waals surface area contributed by atoms with Crippen molar-refractivity contribution in [3.8, 4) is 5.75 Å². The molecule has 2 aromatic heterocycles. The minimum atomic E-state index is -1.15. The summed E-state index contributed by atoms with van der Waals surface area (Å²) in [6.07, 6.45) is 3.48. The lowest BCUT2D eigenvalue weighted by molar-refractivity contribution is 0.0552. The molecule has 5 rings (SSSR count). The number of benzene rings is 2. The molecule has 1 unspecified atom stereocenters. The molecule has 4 aromatic rings. The second-order valence-electron chi connectivity index (χ2n) is 11.2. The van der Waals surface area contributed by atoms with Crippen molar-refractivity contribution in [3.05, 3.63) is 76.9 Å². The number of fused-ring (bicyclic) bond motifs is 3. The first-order chi connectivity index (χ1) is 19.0. The lowest BCUT2D eigenvalue weighted by Crippen LogP contribution is -2.27. The van der Waals surface area contributed by atoms with Crippen molar-refractivity contribution in [3.63, 3.8) is 0 Å². The standard InChI is InChI=1S/C31H38FN5O3/c1-18(33)29(36(4)34)21-14-26-28(35-17-21)23-15-27(39-5)24(31(2,3)38)16-25(23)37(26)30(20-10-12-40-13-11-20)19-6-8-22(32)9-7-19/h6-9,14-17,20,30,38H,10-13,33-34H2,1-5H3/b29-18-. The summed E-state index contributed by atoms with van der Waals surface area (Å²) in [6.45, 7) is 6.61. The number of hydrazine groups is 1. The van der Waals surface area contributed by atoms with E-state index >= 15 is 0 Å². The summed E-state index contributed by atoms with van der Waals surface area (Å²) in [4.78, 5) is 4.92. The molecule has 0 saturated carbocycles. The third kappa shape index (κ3) is 5.00. The predicted octanol–water partition coefficient (Wildman–Crippen LogP) is 5.03. The van der Waals surface area contributed by atoms with Gasteiger partial charge < -0.3 is 29.9 Å². The number of nitrogens with two attached hydrogens (primary N) is 2. The van der Waals surface area contributed by atoms with Gasteiger partial charge in [0.15, 0.2) is 0 Å². The number of rotatable bonds is 7. The zero-order chi connectivity index (χ0) is 28.8. The molecule has 1 fully saturated rings. The number of methoxy groups -OCH3 is 1. The van der Waals surface area contributed by atoms with Crippen molar-refractivity contribution < 1.29 is 19.0 Å². The SMILES string of the molecule is COc1cc2c3ncc(/C(=C(\C)N)N(C)N)cc3n(C(c3ccc(F)cc3)C3CCOCC3)c2cc1C(C)(C)O. The van der Waals surface area contributed by atoms with Crippen LogP contribution in [0.1, 0.15) is 56.3 Å². The summed E-state index contributed by atoms with van der Waals surface area (Å²) in [7, 11) is 3.35. The highest BCUT2D eigenvalue weighted by molar-refractivity contribution is 6.07. The van der Waals surface area contributed by atoms with Crippen LogP contribution in [-0.2, 0) is 10.3 Å². The van der Waals surface area contributed by atoms with E-state index in [-0.39, 0.29) is 17.8 Å². The van der Waals surface area contributed by atoms with E-state index in [4.69, 9.17) is 26.0 Å². The summed E-state index contributed by atoms with van der Waals surface area (Å²) in [5, 5.41) is 13.5. The van der Waals surface area contributed by atoms with E-state index in [1.807, 2.05) is 31.2 Å². The van der Waals surface area contributed by atoms with Crippen LogP contribution in [0.4, 0.5) is 4.39 Å². The first-order valence-electron chi connectivity index (χ1n) is 13.5. The molecule has 9 heteroatoms. The Morgan fingerprint density at radius 3 is 2.42 bits per heavy atom. The van der Waals surface area contributed by atoms with Gasteiger partial charge in [0.2, 0.25) is 0 Å². The molecule has 1 aliphatic heterocycles. The van der Waals surface area contributed by atoms with Crippen LogP contribution < -0.4 is 16.3 Å². The highest BCUT2D eigenvalue weighted by Crippen LogP contribution is 2.44. The van der Waals surface area contributed by atoms with Gasteiger partial charge in [0, 0.05) is 48.7 Å². The summed E-state index contributed by atoms with van der Waals surface area (Å²) in [6, 6.07) is 12.6. The molecule has 5 N–H and O–H groups in total. The average Bonchev–Trinajstić information content (AvgIpc) is 3.21. The number of hydrogen-bond acceptors (Lipinski definition) is 7. The molecule has 1 saturated heterocycles. The molecular formula is C31H38FN5O3. The number of aromatic nitrogens is 2. The van der Waals surface area contributed by atoms with E-state index in [0.717, 1.165) is 45.9 Å². The number of halogens is 1. The first-order valence-corrected chi connectivity index (χ1v) is 13.5. The van der Waals surface area contributed by atoms with Crippen LogP contribution in [0.15, 0.2) is 54.4 Å². The van der Waals surface area contributed by atoms with Gasteiger partial charge in [0.1, 0.15) is 11.6 Å². The highest BCUT2D eigenvalue weighted by atomic mass is 19.1. The molecule has 8 nitrogen and oxygen atoms in total. The van der Waals surface area contributed by atoms with Gasteiger partial charge in [0.25, 0.3) is 0 Å². The average molecular weight is 548 g/mol. The molecular weight excluding hydrogens is 509 g/mol. The molecule has 3 heterocycles. The van der Waals surface area contributed by atoms with Crippen molar-refractivity contribution in [1.82, 2.24) is 14.6 Å². The largest absolute Gasteiger partial charge is 0.496 e. The molecule has 0 spiro atoms. The summed E-state index contributed by atoms with van der Waals surface area (Å²) >= 11 is 0. The number of pyridine rings is 1. The number of nitrogens with zero attached hydrogens (tertiary/aromatic N) is 3. The Bertz CT molecular complexity index is 1560. The summed E-state index contributed by atoms with van der Waals surface area (Å²) in [5.74, 6) is 6.70. The Hall–Kier alpha value is -3.66. The van der Waals surface area contributed by atoms with Crippen LogP contribution >= 0.6 is 0 Å². The Kier molecular flexibility index (Phi) is 7.48. The molecule has 2 aromatic carbocycles. The van der Waals surface area contributed by atoms with Crippen LogP contribution in [0.5, 0.6) is 5.75 Å². The fourth-order valence-electron chi connectivity index (χ4n) is 6.04. The monoisotopic (exact) mass is 547 g/mol. The van der Waals surface area contributed by atoms with E-state index in [2.05, 4.69) is 10.6 Å². The number of ether oxygens (including phenoxy) is 2. The van der Waals surface area contributed by atoms with Crippen molar-refractivity contribution in [1.29, 1.82) is 0 Å². The molecule has 40 heavy (non-hydrogen) atoms. The van der Waals surface area contributed by atoms with Crippen molar-refractivity contribution >= 4 is 27.6 Å². The fraction of sp³-hybridized carbons (Fsp3) is 0.387. The predicted molar refractivity (Wildman–Crippen MR) is 156 cm³/mol. The van der Waals surface area contributed by atoms with Gasteiger partial charge in [-0.2, -0.15) is 0 Å². The van der Waals surface area contributed by atoms with Gasteiger partial charge in [-0.15, -0.1) is 0 Å². The molecule has 1 aliphatic rings. The van der Waals surface area contributed by atoms with Crippen molar-refractivity contribution in [2.45, 2.75) is 45.3 Å². The lowest BCUT2D eigenvalue weighted by atomic mass is 9.86. The Balaban J connectivity index is 1.91. The topological polar surface area (TPSA) is 112 Å². The van der Waals surface area contributed by atoms with E-state index in [1.165, 1.54) is 17.1 Å². The molecule has 0 amide bonds. The Morgan fingerprint density at radius 1 is 1.18 bits per heavy atom. The minimum absolute atomic E-state index is 0.147. The maximum atomic E-state index is 14.1. The number of allylic oxidation sites excluding steroid dienone is 1. The van der Waals surface area contributed by atoms with Crippen molar-refractivity contribution in [2.75, 3.05) is 27.4 Å². The molecule has 0 aliphatic carbocycles. The Labute approximate surface area is 234 Å². The van der Waals surface area contributed by atoms with Gasteiger partial charge in [-0.25, -0.2) is 10.2 Å².